The highest BCUT2D eigenvalue weighted by Gasteiger charge is 2.24. The van der Waals surface area contributed by atoms with Crippen LogP contribution < -0.4 is 16.0 Å². The first kappa shape index (κ1) is 25.6. The van der Waals surface area contributed by atoms with E-state index in [-0.39, 0.29) is 47.9 Å². The van der Waals surface area contributed by atoms with Gasteiger partial charge in [-0.2, -0.15) is 13.7 Å². The van der Waals surface area contributed by atoms with Crippen molar-refractivity contribution in [1.82, 2.24) is 9.13 Å². The van der Waals surface area contributed by atoms with Gasteiger partial charge in [-0.15, -0.1) is 0 Å². The molecule has 0 aliphatic heterocycles. The molecule has 0 atom stereocenters. The van der Waals surface area contributed by atoms with Crippen molar-refractivity contribution in [3.05, 3.63) is 122 Å². The normalized spacial score (nSPS) is 11.1. The van der Waals surface area contributed by atoms with Crippen LogP contribution >= 0.6 is 0 Å². The predicted octanol–water partition coefficient (Wildman–Crippen LogP) is 3.18. The Morgan fingerprint density at radius 1 is 0.892 bits per heavy atom. The summed E-state index contributed by atoms with van der Waals surface area (Å²) in [6.07, 6.45) is -0.249. The van der Waals surface area contributed by atoms with Crippen molar-refractivity contribution in [3.63, 3.8) is 0 Å². The van der Waals surface area contributed by atoms with Crippen LogP contribution in [0.15, 0.2) is 99.4 Å². The maximum atomic E-state index is 13.8. The third-order valence-electron chi connectivity index (χ3n) is 5.66. The number of rotatable bonds is 9. The van der Waals surface area contributed by atoms with E-state index in [2.05, 4.69) is 0 Å². The monoisotopic (exact) mass is 517 g/mol. The number of hydrogen-bond donors (Lipinski definition) is 1. The summed E-state index contributed by atoms with van der Waals surface area (Å²) in [7, 11) is -4.59. The Morgan fingerprint density at radius 2 is 1.51 bits per heavy atom. The largest absolute Gasteiger partial charge is 0.477 e. The Balaban J connectivity index is 2.02. The molecule has 0 unspecified atom stereocenters. The van der Waals surface area contributed by atoms with Gasteiger partial charge in [0.05, 0.1) is 35.2 Å². The summed E-state index contributed by atoms with van der Waals surface area (Å²) < 4.78 is 42.0. The fourth-order valence-electron chi connectivity index (χ4n) is 4.00. The van der Waals surface area contributed by atoms with E-state index in [1.165, 1.54) is 22.8 Å². The van der Waals surface area contributed by atoms with Gasteiger partial charge in [-0.3, -0.25) is 13.9 Å². The molecule has 1 aromatic heterocycles. The molecule has 1 N–H and O–H groups in total. The Morgan fingerprint density at radius 3 is 2.16 bits per heavy atom. The minimum absolute atomic E-state index is 0.00233. The second kappa shape index (κ2) is 11.1. The van der Waals surface area contributed by atoms with E-state index in [1.54, 1.807) is 36.4 Å². The van der Waals surface area contributed by atoms with Crippen LogP contribution in [0, 0.1) is 11.3 Å². The Kier molecular flexibility index (Phi) is 7.67. The van der Waals surface area contributed by atoms with E-state index >= 15 is 0 Å². The summed E-state index contributed by atoms with van der Waals surface area (Å²) in [5.74, 6) is -0.0635. The summed E-state index contributed by atoms with van der Waals surface area (Å²) in [6, 6.07) is 25.1. The van der Waals surface area contributed by atoms with Crippen molar-refractivity contribution in [1.29, 1.82) is 5.26 Å². The summed E-state index contributed by atoms with van der Waals surface area (Å²) in [6.45, 7) is -0.0336. The SMILES string of the molecule is N#CCCOc1c(Cc2ccccc2S(=O)(=O)O)c(=O)n(-c2ccccc2)c(=O)n1Cc1ccccc1. The molecule has 9 nitrogen and oxygen atoms in total. The maximum Gasteiger partial charge on any atom is 0.338 e. The van der Waals surface area contributed by atoms with Gasteiger partial charge in [0.25, 0.3) is 15.7 Å². The molecule has 0 radical (unpaired) electrons. The van der Waals surface area contributed by atoms with E-state index in [0.29, 0.717) is 5.69 Å². The smallest absolute Gasteiger partial charge is 0.338 e. The first-order valence-electron chi connectivity index (χ1n) is 11.3. The highest BCUT2D eigenvalue weighted by Crippen LogP contribution is 2.24. The average molecular weight is 518 g/mol. The van der Waals surface area contributed by atoms with Crippen molar-refractivity contribution in [2.75, 3.05) is 6.61 Å². The van der Waals surface area contributed by atoms with Crippen LogP contribution in [0.25, 0.3) is 5.69 Å². The number of hydrogen-bond acceptors (Lipinski definition) is 6. The van der Waals surface area contributed by atoms with Crippen molar-refractivity contribution < 1.29 is 17.7 Å². The van der Waals surface area contributed by atoms with Crippen LogP contribution in [-0.4, -0.2) is 28.7 Å². The highest BCUT2D eigenvalue weighted by atomic mass is 32.2. The first-order valence-corrected chi connectivity index (χ1v) is 12.8. The van der Waals surface area contributed by atoms with E-state index in [1.807, 2.05) is 36.4 Å². The second-order valence-corrected chi connectivity index (χ2v) is 9.52. The average Bonchev–Trinajstić information content (AvgIpc) is 2.89. The van der Waals surface area contributed by atoms with Gasteiger partial charge in [0.1, 0.15) is 6.61 Å². The molecular formula is C27H23N3O6S. The molecule has 0 fully saturated rings. The number of aromatic nitrogens is 2. The summed E-state index contributed by atoms with van der Waals surface area (Å²) in [5.41, 5.74) is -0.105. The topological polar surface area (TPSA) is 131 Å². The quantitative estimate of drug-likeness (QED) is 0.266. The molecule has 0 aliphatic rings. The van der Waals surface area contributed by atoms with Gasteiger partial charge in [-0.05, 0) is 29.3 Å². The number of nitriles is 1. The van der Waals surface area contributed by atoms with Gasteiger partial charge in [0.15, 0.2) is 0 Å². The molecule has 0 saturated carbocycles. The molecule has 0 amide bonds. The Labute approximate surface area is 213 Å². The number of benzene rings is 3. The molecule has 188 valence electrons. The summed E-state index contributed by atoms with van der Waals surface area (Å²) in [4.78, 5) is 27.2. The van der Waals surface area contributed by atoms with E-state index in [4.69, 9.17) is 10.00 Å². The van der Waals surface area contributed by atoms with E-state index in [9.17, 15) is 22.6 Å². The zero-order chi connectivity index (χ0) is 26.4. The number of para-hydroxylation sites is 1. The van der Waals surface area contributed by atoms with Gasteiger partial charge in [0.2, 0.25) is 5.88 Å². The van der Waals surface area contributed by atoms with Crippen molar-refractivity contribution in [3.8, 4) is 17.6 Å². The minimum Gasteiger partial charge on any atom is -0.477 e. The lowest BCUT2D eigenvalue weighted by Gasteiger charge is -2.20. The molecule has 0 aliphatic carbocycles. The van der Waals surface area contributed by atoms with E-state index < -0.39 is 21.4 Å². The van der Waals surface area contributed by atoms with Gasteiger partial charge < -0.3 is 4.74 Å². The lowest BCUT2D eigenvalue weighted by Crippen LogP contribution is -2.42. The number of nitrogens with zero attached hydrogens (tertiary/aromatic N) is 3. The molecule has 0 bridgehead atoms. The zero-order valence-electron chi connectivity index (χ0n) is 19.6. The molecule has 1 heterocycles. The van der Waals surface area contributed by atoms with Crippen LogP contribution in [0.3, 0.4) is 0 Å². The molecular weight excluding hydrogens is 494 g/mol. The van der Waals surface area contributed by atoms with Gasteiger partial charge in [-0.25, -0.2) is 9.36 Å². The molecule has 10 heteroatoms. The van der Waals surface area contributed by atoms with E-state index in [0.717, 1.165) is 10.1 Å². The Bertz CT molecular complexity index is 1670. The molecule has 0 saturated heterocycles. The van der Waals surface area contributed by atoms with Gasteiger partial charge in [0, 0.05) is 6.42 Å². The third kappa shape index (κ3) is 5.69. The molecule has 4 aromatic rings. The van der Waals surface area contributed by atoms with Crippen molar-refractivity contribution >= 4 is 10.1 Å². The number of ether oxygens (including phenoxy) is 1. The molecule has 37 heavy (non-hydrogen) atoms. The fraction of sp³-hybridized carbons (Fsp3) is 0.148. The minimum atomic E-state index is -4.59. The third-order valence-corrected chi connectivity index (χ3v) is 6.61. The summed E-state index contributed by atoms with van der Waals surface area (Å²) in [5, 5.41) is 9.02. The van der Waals surface area contributed by atoms with Crippen LogP contribution in [0.4, 0.5) is 0 Å². The Hall–Kier alpha value is -4.46. The van der Waals surface area contributed by atoms with Gasteiger partial charge in [-0.1, -0.05) is 66.7 Å². The van der Waals surface area contributed by atoms with Crippen LogP contribution in [0.2, 0.25) is 0 Å². The standard InChI is InChI=1S/C27H23N3O6S/c28-16-9-17-36-26-23(18-21-12-7-8-15-24(21)37(33,34)35)25(31)30(22-13-5-2-6-14-22)27(32)29(26)19-20-10-3-1-4-11-20/h1-8,10-15H,9,17-19H2,(H,33,34,35). The van der Waals surface area contributed by atoms with Crippen LogP contribution in [-0.2, 0) is 23.1 Å². The predicted molar refractivity (Wildman–Crippen MR) is 137 cm³/mol. The van der Waals surface area contributed by atoms with Crippen molar-refractivity contribution in [2.24, 2.45) is 0 Å². The lowest BCUT2D eigenvalue weighted by molar-refractivity contribution is 0.288. The molecule has 3 aromatic carbocycles. The molecule has 0 spiro atoms. The van der Waals surface area contributed by atoms with Crippen LogP contribution in [0.1, 0.15) is 23.1 Å². The zero-order valence-corrected chi connectivity index (χ0v) is 20.5. The molecule has 4 rings (SSSR count). The van der Waals surface area contributed by atoms with Crippen LogP contribution in [0.5, 0.6) is 5.88 Å². The highest BCUT2D eigenvalue weighted by molar-refractivity contribution is 7.85. The lowest BCUT2D eigenvalue weighted by atomic mass is 10.1. The van der Waals surface area contributed by atoms with Gasteiger partial charge >= 0.3 is 5.69 Å². The second-order valence-electron chi connectivity index (χ2n) is 8.13. The first-order chi connectivity index (χ1) is 17.8. The fourth-order valence-corrected chi connectivity index (χ4v) is 4.72. The summed E-state index contributed by atoms with van der Waals surface area (Å²) >= 11 is 0. The van der Waals surface area contributed by atoms with Crippen molar-refractivity contribution in [2.45, 2.75) is 24.3 Å². The maximum absolute atomic E-state index is 13.8.